The Morgan fingerprint density at radius 1 is 1.33 bits per heavy atom. The molecule has 2 nitrogen and oxygen atoms in total. The lowest BCUT2D eigenvalue weighted by atomic mass is 9.91. The van der Waals surface area contributed by atoms with Crippen molar-refractivity contribution in [1.82, 2.24) is 10.2 Å². The van der Waals surface area contributed by atoms with E-state index in [0.29, 0.717) is 12.0 Å². The molecule has 2 atom stereocenters. The van der Waals surface area contributed by atoms with Gasteiger partial charge in [0.1, 0.15) is 0 Å². The summed E-state index contributed by atoms with van der Waals surface area (Å²) >= 11 is 0. The highest BCUT2D eigenvalue weighted by atomic mass is 19.3. The highest BCUT2D eigenvalue weighted by Gasteiger charge is 2.36. The lowest BCUT2D eigenvalue weighted by Crippen LogP contribution is -2.47. The van der Waals surface area contributed by atoms with Gasteiger partial charge in [-0.05, 0) is 38.8 Å². The number of likely N-dealkylation sites (tertiary alicyclic amines) is 1. The van der Waals surface area contributed by atoms with Gasteiger partial charge in [0, 0.05) is 18.2 Å². The average molecular weight is 296 g/mol. The molecule has 1 aromatic carbocycles. The van der Waals surface area contributed by atoms with Crippen LogP contribution in [0.2, 0.25) is 0 Å². The van der Waals surface area contributed by atoms with Crippen LogP contribution in [0, 0.1) is 5.92 Å². The Labute approximate surface area is 126 Å². The van der Waals surface area contributed by atoms with Gasteiger partial charge in [-0.2, -0.15) is 8.78 Å². The summed E-state index contributed by atoms with van der Waals surface area (Å²) in [5.41, 5.74) is 0.117. The number of hydrogen-bond acceptors (Lipinski definition) is 2. The minimum Gasteiger partial charge on any atom is -0.314 e. The van der Waals surface area contributed by atoms with Crippen molar-refractivity contribution in [3.63, 3.8) is 0 Å². The van der Waals surface area contributed by atoms with Gasteiger partial charge >= 0.3 is 0 Å². The second-order valence-electron chi connectivity index (χ2n) is 6.05. The molecular weight excluding hydrogens is 270 g/mol. The Kier molecular flexibility index (Phi) is 5.71. The van der Waals surface area contributed by atoms with E-state index in [0.717, 1.165) is 32.5 Å². The van der Waals surface area contributed by atoms with Crippen molar-refractivity contribution in [1.29, 1.82) is 0 Å². The molecule has 1 fully saturated rings. The van der Waals surface area contributed by atoms with Crippen LogP contribution in [0.4, 0.5) is 8.78 Å². The van der Waals surface area contributed by atoms with Crippen molar-refractivity contribution in [2.75, 3.05) is 26.2 Å². The fourth-order valence-electron chi connectivity index (χ4n) is 3.19. The van der Waals surface area contributed by atoms with Gasteiger partial charge in [0.15, 0.2) is 0 Å². The summed E-state index contributed by atoms with van der Waals surface area (Å²) in [7, 11) is 0. The highest BCUT2D eigenvalue weighted by molar-refractivity contribution is 5.20. The predicted octanol–water partition coefficient (Wildman–Crippen LogP) is 3.49. The predicted molar refractivity (Wildman–Crippen MR) is 82.6 cm³/mol. The summed E-state index contributed by atoms with van der Waals surface area (Å²) in [5, 5.41) is 3.42. The van der Waals surface area contributed by atoms with Gasteiger partial charge in [0.2, 0.25) is 0 Å². The topological polar surface area (TPSA) is 15.3 Å². The van der Waals surface area contributed by atoms with Crippen LogP contribution in [-0.2, 0) is 5.92 Å². The minimum absolute atomic E-state index is 0.117. The highest BCUT2D eigenvalue weighted by Crippen LogP contribution is 2.31. The van der Waals surface area contributed by atoms with E-state index in [4.69, 9.17) is 0 Å². The van der Waals surface area contributed by atoms with Crippen LogP contribution in [0.5, 0.6) is 0 Å². The molecular formula is C17H26F2N2. The largest absolute Gasteiger partial charge is 0.314 e. The number of rotatable bonds is 6. The van der Waals surface area contributed by atoms with E-state index >= 15 is 0 Å². The van der Waals surface area contributed by atoms with E-state index in [1.165, 1.54) is 12.1 Å². The lowest BCUT2D eigenvalue weighted by Gasteiger charge is -2.37. The summed E-state index contributed by atoms with van der Waals surface area (Å²) < 4.78 is 28.7. The van der Waals surface area contributed by atoms with Crippen molar-refractivity contribution < 1.29 is 8.78 Å². The van der Waals surface area contributed by atoms with Gasteiger partial charge in [-0.25, -0.2) is 0 Å². The number of nitrogens with one attached hydrogen (secondary N) is 1. The molecule has 0 amide bonds. The minimum atomic E-state index is -2.77. The first kappa shape index (κ1) is 16.4. The van der Waals surface area contributed by atoms with Crippen LogP contribution < -0.4 is 5.32 Å². The van der Waals surface area contributed by atoms with Crippen LogP contribution >= 0.6 is 0 Å². The Morgan fingerprint density at radius 2 is 2.05 bits per heavy atom. The van der Waals surface area contributed by atoms with Crippen molar-refractivity contribution >= 4 is 0 Å². The normalized spacial score (nSPS) is 22.2. The first-order valence-electron chi connectivity index (χ1n) is 7.92. The Morgan fingerprint density at radius 3 is 2.71 bits per heavy atom. The van der Waals surface area contributed by atoms with Crippen LogP contribution in [0.25, 0.3) is 0 Å². The molecule has 0 radical (unpaired) electrons. The maximum atomic E-state index is 14.4. The van der Waals surface area contributed by atoms with Gasteiger partial charge in [-0.1, -0.05) is 37.3 Å². The summed E-state index contributed by atoms with van der Waals surface area (Å²) in [6.07, 6.45) is 2.13. The molecule has 21 heavy (non-hydrogen) atoms. The number of nitrogens with zero attached hydrogens (tertiary/aromatic N) is 1. The molecule has 2 rings (SSSR count). The first-order chi connectivity index (χ1) is 10.0. The molecule has 0 saturated carbocycles. The standard InChI is InChI=1S/C17H26F2N2/c1-3-20-14(2)15-8-7-11-21(12-15)13-17(18,19)16-9-5-4-6-10-16/h4-6,9-10,14-15,20H,3,7-8,11-13H2,1-2H3. The van der Waals surface area contributed by atoms with Crippen LogP contribution in [0.15, 0.2) is 30.3 Å². The lowest BCUT2D eigenvalue weighted by molar-refractivity contribution is -0.0477. The summed E-state index contributed by atoms with van der Waals surface area (Å²) in [5.74, 6) is -2.31. The van der Waals surface area contributed by atoms with Crippen molar-refractivity contribution in [3.8, 4) is 0 Å². The Bertz CT molecular complexity index is 422. The number of benzene rings is 1. The third-order valence-corrected chi connectivity index (χ3v) is 4.39. The molecule has 2 unspecified atom stereocenters. The second-order valence-corrected chi connectivity index (χ2v) is 6.05. The molecule has 0 aromatic heterocycles. The molecule has 1 aliphatic rings. The molecule has 0 spiro atoms. The van der Waals surface area contributed by atoms with Crippen molar-refractivity contribution in [3.05, 3.63) is 35.9 Å². The molecule has 0 aliphatic carbocycles. The smallest absolute Gasteiger partial charge is 0.285 e. The zero-order valence-electron chi connectivity index (χ0n) is 13.0. The van der Waals surface area contributed by atoms with Gasteiger partial charge in [-0.15, -0.1) is 0 Å². The zero-order valence-corrected chi connectivity index (χ0v) is 13.0. The van der Waals surface area contributed by atoms with E-state index in [1.54, 1.807) is 18.2 Å². The summed E-state index contributed by atoms with van der Waals surface area (Å²) in [6.45, 7) is 6.53. The van der Waals surface area contributed by atoms with Crippen molar-refractivity contribution in [2.24, 2.45) is 5.92 Å². The summed E-state index contributed by atoms with van der Waals surface area (Å²) in [6, 6.07) is 8.55. The van der Waals surface area contributed by atoms with Gasteiger partial charge < -0.3 is 5.32 Å². The molecule has 4 heteroatoms. The van der Waals surface area contributed by atoms with E-state index in [2.05, 4.69) is 19.2 Å². The zero-order chi connectivity index (χ0) is 15.3. The Hall–Kier alpha value is -1.00. The molecule has 1 aromatic rings. The molecule has 1 aliphatic heterocycles. The maximum Gasteiger partial charge on any atom is 0.285 e. The van der Waals surface area contributed by atoms with E-state index in [9.17, 15) is 8.78 Å². The molecule has 1 heterocycles. The third-order valence-electron chi connectivity index (χ3n) is 4.39. The number of alkyl halides is 2. The second kappa shape index (κ2) is 7.32. The fourth-order valence-corrected chi connectivity index (χ4v) is 3.19. The summed E-state index contributed by atoms with van der Waals surface area (Å²) in [4.78, 5) is 1.93. The first-order valence-corrected chi connectivity index (χ1v) is 7.92. The molecule has 0 bridgehead atoms. The Balaban J connectivity index is 1.96. The van der Waals surface area contributed by atoms with Gasteiger partial charge in [-0.3, -0.25) is 4.90 Å². The maximum absolute atomic E-state index is 14.4. The number of halogens is 2. The van der Waals surface area contributed by atoms with Crippen LogP contribution in [0.3, 0.4) is 0 Å². The van der Waals surface area contributed by atoms with Gasteiger partial charge in [0.05, 0.1) is 6.54 Å². The van der Waals surface area contributed by atoms with Crippen LogP contribution in [-0.4, -0.2) is 37.1 Å². The molecule has 1 N–H and O–H groups in total. The van der Waals surface area contributed by atoms with Crippen LogP contribution in [0.1, 0.15) is 32.3 Å². The number of hydrogen-bond donors (Lipinski definition) is 1. The average Bonchev–Trinajstić information content (AvgIpc) is 2.48. The monoisotopic (exact) mass is 296 g/mol. The SMILES string of the molecule is CCNC(C)C1CCCN(CC(F)(F)c2ccccc2)C1. The quantitative estimate of drug-likeness (QED) is 0.864. The molecule has 1 saturated heterocycles. The van der Waals surface area contributed by atoms with E-state index in [1.807, 2.05) is 4.90 Å². The van der Waals surface area contributed by atoms with Gasteiger partial charge in [0.25, 0.3) is 5.92 Å². The number of piperidine rings is 1. The van der Waals surface area contributed by atoms with E-state index < -0.39 is 5.92 Å². The van der Waals surface area contributed by atoms with Crippen molar-refractivity contribution in [2.45, 2.75) is 38.7 Å². The molecule has 118 valence electrons. The third kappa shape index (κ3) is 4.48. The van der Waals surface area contributed by atoms with E-state index in [-0.39, 0.29) is 12.1 Å². The fraction of sp³-hybridized carbons (Fsp3) is 0.647.